The van der Waals surface area contributed by atoms with Crippen molar-refractivity contribution < 1.29 is 28.7 Å². The van der Waals surface area contributed by atoms with E-state index in [-0.39, 0.29) is 23.4 Å². The number of esters is 1. The molecule has 1 aromatic heterocycles. The number of piperazine rings is 1. The van der Waals surface area contributed by atoms with Crippen molar-refractivity contribution in [2.75, 3.05) is 38.3 Å². The minimum absolute atomic E-state index is 0.0283. The fourth-order valence-electron chi connectivity index (χ4n) is 2.98. The predicted octanol–water partition coefficient (Wildman–Crippen LogP) is 2.62. The first-order chi connectivity index (χ1) is 14.8. The molecule has 2 N–H and O–H groups in total. The van der Waals surface area contributed by atoms with Gasteiger partial charge < -0.3 is 29.4 Å². The molecule has 2 heterocycles. The molecule has 10 nitrogen and oxygen atoms in total. The Balaban J connectivity index is 2.04. The third-order valence-electron chi connectivity index (χ3n) is 6.08. The Morgan fingerprint density at radius 1 is 1.34 bits per heavy atom. The van der Waals surface area contributed by atoms with Crippen LogP contribution < -0.4 is 10.2 Å². The fraction of sp³-hybridized carbons (Fsp3) is 0.700. The molecule has 1 unspecified atom stereocenters. The molecule has 0 aromatic carbocycles. The number of carbonyl (C=O) groups excluding carboxylic acids is 2. The second-order valence-electron chi connectivity index (χ2n) is 9.41. The van der Waals surface area contributed by atoms with Crippen LogP contribution in [-0.4, -0.2) is 86.7 Å². The molecule has 0 aliphatic carbocycles. The van der Waals surface area contributed by atoms with Gasteiger partial charge in [-0.05, 0) is 25.1 Å². The smallest absolute Gasteiger partial charge is 0.407 e. The molecule has 12 heteroatoms. The van der Waals surface area contributed by atoms with Gasteiger partial charge in [-0.25, -0.2) is 14.6 Å². The van der Waals surface area contributed by atoms with Crippen LogP contribution in [0.15, 0.2) is 5.38 Å². The van der Waals surface area contributed by atoms with Crippen LogP contribution >= 0.6 is 11.3 Å². The second-order valence-corrected chi connectivity index (χ2v) is 15.1. The first kappa shape index (κ1) is 26.1. The molecule has 1 saturated heterocycles. The van der Waals surface area contributed by atoms with Gasteiger partial charge >= 0.3 is 12.1 Å². The summed E-state index contributed by atoms with van der Waals surface area (Å²) >= 11 is 1.31. The maximum atomic E-state index is 12.8. The minimum atomic E-state index is -2.12. The van der Waals surface area contributed by atoms with Gasteiger partial charge in [-0.3, -0.25) is 4.79 Å². The topological polar surface area (TPSA) is 121 Å². The van der Waals surface area contributed by atoms with Gasteiger partial charge in [0.15, 0.2) is 13.4 Å². The highest BCUT2D eigenvalue weighted by atomic mass is 32.1. The highest BCUT2D eigenvalue weighted by Crippen LogP contribution is 2.36. The lowest BCUT2D eigenvalue weighted by molar-refractivity contribution is -0.143. The summed E-state index contributed by atoms with van der Waals surface area (Å²) < 4.78 is 10.9. The van der Waals surface area contributed by atoms with Crippen LogP contribution in [0.5, 0.6) is 0 Å². The van der Waals surface area contributed by atoms with E-state index in [1.165, 1.54) is 23.3 Å². The molecule has 0 saturated carbocycles. The summed E-state index contributed by atoms with van der Waals surface area (Å²) in [6.45, 7) is 13.7. The van der Waals surface area contributed by atoms with E-state index in [0.29, 0.717) is 24.8 Å². The van der Waals surface area contributed by atoms with E-state index >= 15 is 0 Å². The lowest BCUT2D eigenvalue weighted by Crippen LogP contribution is -2.53. The van der Waals surface area contributed by atoms with Crippen molar-refractivity contribution in [3.05, 3.63) is 11.1 Å². The molecule has 1 aliphatic heterocycles. The summed E-state index contributed by atoms with van der Waals surface area (Å²) in [7, 11) is -0.850. The second kappa shape index (κ2) is 10.2. The standard InChI is InChI=1S/C20H34N4O6SSi/c1-13-10-23(8-9-24(13)19(27)28)18-22-15(12-31-18)16(25)21-14(17(26)29-5)11-30-32(6,7)20(2,3)4/h12-14H,8-11H2,1-7H3,(H,21,25)(H,27,28)/t13?,14-/m0/s1. The highest BCUT2D eigenvalue weighted by molar-refractivity contribution is 7.13. The molecule has 0 bridgehead atoms. The normalized spacial score (nSPS) is 18.3. The van der Waals surface area contributed by atoms with Crippen molar-refractivity contribution in [3.8, 4) is 0 Å². The Bertz CT molecular complexity index is 840. The molecule has 2 rings (SSSR count). The first-order valence-electron chi connectivity index (χ1n) is 10.5. The average molecular weight is 487 g/mol. The fourth-order valence-corrected chi connectivity index (χ4v) is 4.84. The van der Waals surface area contributed by atoms with Crippen LogP contribution in [0.3, 0.4) is 0 Å². The van der Waals surface area contributed by atoms with Crippen molar-refractivity contribution in [2.45, 2.75) is 57.9 Å². The first-order valence-corrected chi connectivity index (χ1v) is 14.3. The summed E-state index contributed by atoms with van der Waals surface area (Å²) in [5.74, 6) is -1.06. The lowest BCUT2D eigenvalue weighted by Gasteiger charge is -2.38. The zero-order valence-corrected chi connectivity index (χ0v) is 21.6. The van der Waals surface area contributed by atoms with Gasteiger partial charge in [0.1, 0.15) is 11.7 Å². The monoisotopic (exact) mass is 486 g/mol. The van der Waals surface area contributed by atoms with E-state index in [2.05, 4.69) is 44.2 Å². The van der Waals surface area contributed by atoms with Crippen LogP contribution in [-0.2, 0) is 14.0 Å². The van der Waals surface area contributed by atoms with Crippen molar-refractivity contribution >= 4 is 42.8 Å². The van der Waals surface area contributed by atoms with Gasteiger partial charge in [-0.2, -0.15) is 0 Å². The lowest BCUT2D eigenvalue weighted by atomic mass is 10.2. The van der Waals surface area contributed by atoms with Crippen LogP contribution in [0.4, 0.5) is 9.93 Å². The molecule has 180 valence electrons. The molecule has 32 heavy (non-hydrogen) atoms. The number of nitrogens with one attached hydrogen (secondary N) is 1. The number of hydrogen-bond acceptors (Lipinski definition) is 8. The van der Waals surface area contributed by atoms with Crippen LogP contribution in [0.1, 0.15) is 38.2 Å². The quantitative estimate of drug-likeness (QED) is 0.446. The van der Waals surface area contributed by atoms with Gasteiger partial charge in [0, 0.05) is 31.1 Å². The van der Waals surface area contributed by atoms with Gasteiger partial charge in [0.25, 0.3) is 5.91 Å². The third-order valence-corrected chi connectivity index (χ3v) is 11.5. The van der Waals surface area contributed by atoms with Gasteiger partial charge in [-0.15, -0.1) is 11.3 Å². The summed E-state index contributed by atoms with van der Waals surface area (Å²) in [6.07, 6.45) is -0.940. The van der Waals surface area contributed by atoms with Crippen LogP contribution in [0, 0.1) is 0 Å². The molecule has 1 aliphatic rings. The summed E-state index contributed by atoms with van der Waals surface area (Å²) in [5, 5.41) is 14.1. The molecular weight excluding hydrogens is 452 g/mol. The number of ether oxygens (including phenoxy) is 1. The molecule has 1 aromatic rings. The number of nitrogens with zero attached hydrogens (tertiary/aromatic N) is 3. The molecule has 0 radical (unpaired) electrons. The van der Waals surface area contributed by atoms with E-state index in [0.717, 1.165) is 0 Å². The average Bonchev–Trinajstić information content (AvgIpc) is 3.19. The molecule has 2 atom stereocenters. The number of carbonyl (C=O) groups is 3. The maximum Gasteiger partial charge on any atom is 0.407 e. The zero-order chi connectivity index (χ0) is 24.3. The number of aromatic nitrogens is 1. The van der Waals surface area contributed by atoms with E-state index < -0.39 is 32.3 Å². The maximum absolute atomic E-state index is 12.8. The zero-order valence-electron chi connectivity index (χ0n) is 19.8. The number of carboxylic acid groups (broad SMARTS) is 1. The van der Waals surface area contributed by atoms with Crippen LogP contribution in [0.25, 0.3) is 0 Å². The summed E-state index contributed by atoms with van der Waals surface area (Å²) in [6, 6.07) is -1.12. The van der Waals surface area contributed by atoms with Crippen molar-refractivity contribution in [3.63, 3.8) is 0 Å². The number of methoxy groups -OCH3 is 1. The van der Waals surface area contributed by atoms with Gasteiger partial charge in [-0.1, -0.05) is 20.8 Å². The Morgan fingerprint density at radius 3 is 2.53 bits per heavy atom. The van der Waals surface area contributed by atoms with E-state index in [1.807, 2.05) is 11.8 Å². The third kappa shape index (κ3) is 6.20. The predicted molar refractivity (Wildman–Crippen MR) is 125 cm³/mol. The van der Waals surface area contributed by atoms with Crippen molar-refractivity contribution in [1.82, 2.24) is 15.2 Å². The van der Waals surface area contributed by atoms with Crippen LogP contribution in [0.2, 0.25) is 18.1 Å². The van der Waals surface area contributed by atoms with Crippen molar-refractivity contribution in [2.24, 2.45) is 0 Å². The SMILES string of the molecule is COC(=O)[C@H](CO[Si](C)(C)C(C)(C)C)NC(=O)c1csc(N2CCN(C(=O)O)C(C)C2)n1. The summed E-state index contributed by atoms with van der Waals surface area (Å²) in [4.78, 5) is 44.0. The van der Waals surface area contributed by atoms with Gasteiger partial charge in [0.2, 0.25) is 0 Å². The Kier molecular flexibility index (Phi) is 8.29. The largest absolute Gasteiger partial charge is 0.467 e. The number of anilines is 1. The Morgan fingerprint density at radius 2 is 2.00 bits per heavy atom. The minimum Gasteiger partial charge on any atom is -0.467 e. The number of amides is 2. The number of thiazole rings is 1. The van der Waals surface area contributed by atoms with E-state index in [4.69, 9.17) is 9.16 Å². The Hall–Kier alpha value is -2.18. The number of hydrogen-bond donors (Lipinski definition) is 2. The molecular formula is C20H34N4O6SSi. The van der Waals surface area contributed by atoms with Gasteiger partial charge in [0.05, 0.1) is 13.7 Å². The van der Waals surface area contributed by atoms with E-state index in [1.54, 1.807) is 5.38 Å². The number of rotatable bonds is 7. The molecule has 0 spiro atoms. The molecule has 2 amide bonds. The molecule has 1 fully saturated rings. The van der Waals surface area contributed by atoms with Crippen molar-refractivity contribution in [1.29, 1.82) is 0 Å². The highest BCUT2D eigenvalue weighted by Gasteiger charge is 2.38. The Labute approximate surface area is 194 Å². The summed E-state index contributed by atoms with van der Waals surface area (Å²) in [5.41, 5.74) is 0.194. The van der Waals surface area contributed by atoms with E-state index in [9.17, 15) is 19.5 Å².